The van der Waals surface area contributed by atoms with Crippen molar-refractivity contribution in [1.29, 1.82) is 0 Å². The monoisotopic (exact) mass is 598 g/mol. The number of benzene rings is 3. The zero-order valence-electron chi connectivity index (χ0n) is 21.7. The number of sulfonamides is 1. The van der Waals surface area contributed by atoms with Crippen molar-refractivity contribution in [3.05, 3.63) is 95.2 Å². The predicted octanol–water partition coefficient (Wildman–Crippen LogP) is 3.07. The minimum atomic E-state index is -5.10. The molecule has 2 heterocycles. The Morgan fingerprint density at radius 3 is 2.26 bits per heavy atom. The number of nitrogens with two attached hydrogens (primary N) is 1. The molecule has 0 bridgehead atoms. The summed E-state index contributed by atoms with van der Waals surface area (Å²) in [7, 11) is -2.52. The van der Waals surface area contributed by atoms with Gasteiger partial charge in [0.05, 0.1) is 29.9 Å². The lowest BCUT2D eigenvalue weighted by Crippen LogP contribution is -2.36. The molecule has 11 nitrogen and oxygen atoms in total. The normalized spacial score (nSPS) is 11.9. The van der Waals surface area contributed by atoms with Crippen molar-refractivity contribution in [2.24, 2.45) is 5.14 Å². The molecule has 0 unspecified atom stereocenters. The van der Waals surface area contributed by atoms with Crippen LogP contribution in [0.1, 0.15) is 5.69 Å². The second-order valence-electron chi connectivity index (χ2n) is 8.94. The first-order chi connectivity index (χ1) is 19.9. The van der Waals surface area contributed by atoms with E-state index in [1.807, 2.05) is 0 Å². The number of methoxy groups -OCH3 is 1. The molecule has 2 aromatic heterocycles. The average molecular weight is 599 g/mol. The van der Waals surface area contributed by atoms with E-state index in [0.29, 0.717) is 28.3 Å². The molecule has 3 aromatic carbocycles. The van der Waals surface area contributed by atoms with Crippen LogP contribution in [-0.4, -0.2) is 46.9 Å². The molecule has 0 fully saturated rings. The molecule has 42 heavy (non-hydrogen) atoms. The van der Waals surface area contributed by atoms with Crippen LogP contribution in [0.5, 0.6) is 5.75 Å². The number of rotatable bonds is 7. The summed E-state index contributed by atoms with van der Waals surface area (Å²) < 4.78 is 70.0. The fourth-order valence-corrected chi connectivity index (χ4v) is 5.06. The number of primary sulfonamides is 1. The van der Waals surface area contributed by atoms with E-state index in [1.165, 1.54) is 28.8 Å². The molecule has 5 rings (SSSR count). The number of fused-ring (bicyclic) bond motifs is 1. The van der Waals surface area contributed by atoms with Crippen LogP contribution in [0.25, 0.3) is 33.5 Å². The number of aromatic nitrogens is 4. The molecular weight excluding hydrogens is 577 g/mol. The van der Waals surface area contributed by atoms with Gasteiger partial charge in [0.2, 0.25) is 10.0 Å². The van der Waals surface area contributed by atoms with Gasteiger partial charge in [0.25, 0.3) is 5.56 Å². The standard InChI is InChI=1S/C27H21F3N6O5S/c1-41-19-12-10-18(11-13-19)36-24-23(21(34-36)14-32-26(38)27(28,29)30)33-15-35(25(24)37)17-8-6-16(7-9-17)20-4-2-3-5-22(20)42(31,39)40/h2-13,15H,14H2,1H3,(H,32,38)(H2,31,39,40). The van der Waals surface area contributed by atoms with E-state index in [9.17, 15) is 31.2 Å². The zero-order valence-corrected chi connectivity index (χ0v) is 22.5. The summed E-state index contributed by atoms with van der Waals surface area (Å²) in [4.78, 5) is 29.4. The lowest BCUT2D eigenvalue weighted by molar-refractivity contribution is -0.173. The SMILES string of the molecule is COc1ccc(-n2nc(CNC(=O)C(F)(F)F)c3ncn(-c4ccc(-c5ccccc5S(N)(=O)=O)cc4)c(=O)c32)cc1. The van der Waals surface area contributed by atoms with Gasteiger partial charge in [-0.25, -0.2) is 23.2 Å². The highest BCUT2D eigenvalue weighted by atomic mass is 32.2. The van der Waals surface area contributed by atoms with Crippen LogP contribution in [0.3, 0.4) is 0 Å². The van der Waals surface area contributed by atoms with Crippen molar-refractivity contribution in [2.45, 2.75) is 17.6 Å². The van der Waals surface area contributed by atoms with E-state index >= 15 is 0 Å². The van der Waals surface area contributed by atoms with Gasteiger partial charge in [0, 0.05) is 5.56 Å². The molecule has 216 valence electrons. The largest absolute Gasteiger partial charge is 0.497 e. The maximum absolute atomic E-state index is 13.8. The molecular formula is C27H21F3N6O5S. The Morgan fingerprint density at radius 1 is 1.00 bits per heavy atom. The Kier molecular flexibility index (Phi) is 7.30. The summed E-state index contributed by atoms with van der Waals surface area (Å²) in [5, 5.41) is 11.4. The number of halogens is 3. The number of nitrogens with one attached hydrogen (secondary N) is 1. The third kappa shape index (κ3) is 5.46. The minimum Gasteiger partial charge on any atom is -0.497 e. The van der Waals surface area contributed by atoms with E-state index in [-0.39, 0.29) is 21.6 Å². The second kappa shape index (κ2) is 10.8. The summed E-state index contributed by atoms with van der Waals surface area (Å²) >= 11 is 0. The van der Waals surface area contributed by atoms with Crippen LogP contribution in [0, 0.1) is 0 Å². The van der Waals surface area contributed by atoms with Crippen LogP contribution in [0.2, 0.25) is 0 Å². The van der Waals surface area contributed by atoms with E-state index in [0.717, 1.165) is 0 Å². The minimum absolute atomic E-state index is 0.00626. The Labute approximate surface area is 236 Å². The molecule has 0 aliphatic rings. The molecule has 0 saturated heterocycles. The van der Waals surface area contributed by atoms with Crippen LogP contribution < -0.4 is 20.8 Å². The Morgan fingerprint density at radius 2 is 1.64 bits per heavy atom. The molecule has 0 radical (unpaired) electrons. The van der Waals surface area contributed by atoms with E-state index in [2.05, 4.69) is 10.1 Å². The predicted molar refractivity (Wildman–Crippen MR) is 146 cm³/mol. The topological polar surface area (TPSA) is 151 Å². The van der Waals surface area contributed by atoms with E-state index in [1.54, 1.807) is 72.0 Å². The molecule has 0 saturated carbocycles. The number of ether oxygens (including phenoxy) is 1. The van der Waals surface area contributed by atoms with Gasteiger partial charge >= 0.3 is 12.1 Å². The summed E-state index contributed by atoms with van der Waals surface area (Å²) in [5.41, 5.74) is 0.927. The number of carbonyl (C=O) groups is 1. The Balaban J connectivity index is 1.60. The summed E-state index contributed by atoms with van der Waals surface area (Å²) in [5.74, 6) is -1.64. The van der Waals surface area contributed by atoms with Gasteiger partial charge in [0.1, 0.15) is 23.3 Å². The lowest BCUT2D eigenvalue weighted by atomic mass is 10.1. The second-order valence-corrected chi connectivity index (χ2v) is 10.5. The van der Waals surface area contributed by atoms with E-state index in [4.69, 9.17) is 9.88 Å². The molecule has 0 aliphatic heterocycles. The van der Waals surface area contributed by atoms with Crippen molar-refractivity contribution in [3.63, 3.8) is 0 Å². The van der Waals surface area contributed by atoms with Crippen molar-refractivity contribution >= 4 is 27.0 Å². The molecule has 0 atom stereocenters. The highest BCUT2D eigenvalue weighted by Gasteiger charge is 2.38. The molecule has 15 heteroatoms. The van der Waals surface area contributed by atoms with Crippen molar-refractivity contribution in [2.75, 3.05) is 7.11 Å². The third-order valence-electron chi connectivity index (χ3n) is 6.29. The van der Waals surface area contributed by atoms with Crippen LogP contribution in [0.4, 0.5) is 13.2 Å². The van der Waals surface area contributed by atoms with Gasteiger partial charge in [-0.15, -0.1) is 0 Å². The third-order valence-corrected chi connectivity index (χ3v) is 7.26. The molecule has 5 aromatic rings. The number of hydrogen-bond donors (Lipinski definition) is 2. The van der Waals surface area contributed by atoms with E-state index < -0.39 is 34.2 Å². The first kappa shape index (κ1) is 28.5. The molecule has 0 spiro atoms. The number of hydrogen-bond acceptors (Lipinski definition) is 7. The summed E-state index contributed by atoms with van der Waals surface area (Å²) in [6.07, 6.45) is -3.91. The summed E-state index contributed by atoms with van der Waals surface area (Å²) in [6.45, 7) is -0.632. The Bertz CT molecular complexity index is 1970. The fraction of sp³-hybridized carbons (Fsp3) is 0.111. The quantitative estimate of drug-likeness (QED) is 0.292. The number of amides is 1. The number of alkyl halides is 3. The van der Waals surface area contributed by atoms with Crippen LogP contribution in [0.15, 0.2) is 88.8 Å². The lowest BCUT2D eigenvalue weighted by Gasteiger charge is -2.10. The van der Waals surface area contributed by atoms with Crippen molar-refractivity contribution in [1.82, 2.24) is 24.6 Å². The van der Waals surface area contributed by atoms with Gasteiger partial charge in [-0.3, -0.25) is 14.2 Å². The van der Waals surface area contributed by atoms with Gasteiger partial charge < -0.3 is 10.1 Å². The fourth-order valence-electron chi connectivity index (χ4n) is 4.30. The average Bonchev–Trinajstić information content (AvgIpc) is 3.34. The van der Waals surface area contributed by atoms with Crippen LogP contribution >= 0.6 is 0 Å². The van der Waals surface area contributed by atoms with Gasteiger partial charge in [-0.2, -0.15) is 18.3 Å². The van der Waals surface area contributed by atoms with Crippen molar-refractivity contribution in [3.8, 4) is 28.3 Å². The maximum atomic E-state index is 13.8. The number of nitrogens with zero attached hydrogens (tertiary/aromatic N) is 4. The van der Waals surface area contributed by atoms with Gasteiger partial charge in [-0.1, -0.05) is 30.3 Å². The first-order valence-corrected chi connectivity index (χ1v) is 13.6. The van der Waals surface area contributed by atoms with Crippen LogP contribution in [-0.2, 0) is 21.4 Å². The van der Waals surface area contributed by atoms with Crippen molar-refractivity contribution < 1.29 is 31.1 Å². The zero-order chi connectivity index (χ0) is 30.2. The summed E-state index contributed by atoms with van der Waals surface area (Å²) in [6, 6.07) is 19.0. The maximum Gasteiger partial charge on any atom is 0.471 e. The highest BCUT2D eigenvalue weighted by molar-refractivity contribution is 7.89. The number of carbonyl (C=O) groups excluding carboxylic acids is 1. The Hall–Kier alpha value is -5.02. The van der Waals surface area contributed by atoms with Gasteiger partial charge in [-0.05, 0) is 48.0 Å². The smallest absolute Gasteiger partial charge is 0.471 e. The first-order valence-electron chi connectivity index (χ1n) is 12.1. The molecule has 1 amide bonds. The molecule has 0 aliphatic carbocycles. The molecule has 3 N–H and O–H groups in total. The van der Waals surface area contributed by atoms with Gasteiger partial charge in [0.15, 0.2) is 5.52 Å². The highest BCUT2D eigenvalue weighted by Crippen LogP contribution is 2.28.